The van der Waals surface area contributed by atoms with Crippen molar-refractivity contribution >= 4 is 5.97 Å². The minimum Gasteiger partial charge on any atom is -0.468 e. The van der Waals surface area contributed by atoms with Gasteiger partial charge in [0.25, 0.3) is 0 Å². The maximum Gasteiger partial charge on any atom is 0.327 e. The number of unbranched alkanes of at least 4 members (excludes halogenated alkanes) is 2. The van der Waals surface area contributed by atoms with Crippen LogP contribution in [0.2, 0.25) is 0 Å². The summed E-state index contributed by atoms with van der Waals surface area (Å²) in [4.78, 5) is 14.1. The molecule has 0 aliphatic carbocycles. The summed E-state index contributed by atoms with van der Waals surface area (Å²) in [6.07, 6.45) is 4.64. The summed E-state index contributed by atoms with van der Waals surface area (Å²) in [5.41, 5.74) is -0.605. The van der Waals surface area contributed by atoms with Crippen molar-refractivity contribution in [1.82, 2.24) is 10.2 Å². The van der Waals surface area contributed by atoms with Crippen LogP contribution in [0, 0.1) is 0 Å². The maximum absolute atomic E-state index is 11.9. The third kappa shape index (κ3) is 6.36. The quantitative estimate of drug-likeness (QED) is 0.481. The molecule has 0 aromatic rings. The lowest BCUT2D eigenvalue weighted by Crippen LogP contribution is -2.57. The van der Waals surface area contributed by atoms with Crippen LogP contribution in [0.4, 0.5) is 0 Å². The molecule has 0 heterocycles. The topological polar surface area (TPSA) is 41.6 Å². The van der Waals surface area contributed by atoms with E-state index in [1.165, 1.54) is 26.4 Å². The van der Waals surface area contributed by atoms with Crippen LogP contribution >= 0.6 is 0 Å². The second kappa shape index (κ2) is 9.34. The molecule has 0 amide bonds. The van der Waals surface area contributed by atoms with Crippen LogP contribution in [0.1, 0.15) is 46.5 Å². The molecular weight excluding hydrogens is 228 g/mol. The van der Waals surface area contributed by atoms with Gasteiger partial charge < -0.3 is 15.0 Å². The lowest BCUT2D eigenvalue weighted by Gasteiger charge is -2.32. The fraction of sp³-hybridized carbons (Fsp3) is 0.929. The van der Waals surface area contributed by atoms with E-state index >= 15 is 0 Å². The molecule has 1 N–H and O–H groups in total. The number of hydrogen-bond acceptors (Lipinski definition) is 4. The van der Waals surface area contributed by atoms with E-state index in [-0.39, 0.29) is 5.97 Å². The van der Waals surface area contributed by atoms with Crippen LogP contribution < -0.4 is 5.32 Å². The molecule has 1 unspecified atom stereocenters. The number of rotatable bonds is 10. The summed E-state index contributed by atoms with van der Waals surface area (Å²) in [5.74, 6) is -0.182. The molecule has 0 rings (SSSR count). The van der Waals surface area contributed by atoms with Crippen LogP contribution in [0.3, 0.4) is 0 Å². The van der Waals surface area contributed by atoms with Crippen LogP contribution in [0.5, 0.6) is 0 Å². The summed E-state index contributed by atoms with van der Waals surface area (Å²) in [6.45, 7) is 8.74. The minimum absolute atomic E-state index is 0.182. The predicted octanol–water partition coefficient (Wildman–Crippen LogP) is 2.04. The number of nitrogens with one attached hydrogen (secondary N) is 1. The summed E-state index contributed by atoms with van der Waals surface area (Å²) < 4.78 is 4.91. The lowest BCUT2D eigenvalue weighted by molar-refractivity contribution is -0.148. The number of carbonyl (C=O) groups excluding carboxylic acids is 1. The van der Waals surface area contributed by atoms with E-state index in [9.17, 15) is 4.79 Å². The van der Waals surface area contributed by atoms with Gasteiger partial charge in [0.2, 0.25) is 0 Å². The Labute approximate surface area is 112 Å². The van der Waals surface area contributed by atoms with E-state index in [0.29, 0.717) is 6.54 Å². The first kappa shape index (κ1) is 17.4. The largest absolute Gasteiger partial charge is 0.468 e. The average Bonchev–Trinajstić information content (AvgIpc) is 2.35. The molecule has 0 aromatic carbocycles. The van der Waals surface area contributed by atoms with Gasteiger partial charge >= 0.3 is 5.97 Å². The summed E-state index contributed by atoms with van der Waals surface area (Å²) in [7, 11) is 3.51. The van der Waals surface area contributed by atoms with Crippen molar-refractivity contribution in [2.75, 3.05) is 33.8 Å². The van der Waals surface area contributed by atoms with Gasteiger partial charge in [-0.1, -0.05) is 26.7 Å². The molecule has 0 aromatic heterocycles. The van der Waals surface area contributed by atoms with Gasteiger partial charge in [0, 0.05) is 6.54 Å². The van der Waals surface area contributed by atoms with E-state index in [0.717, 1.165) is 19.5 Å². The van der Waals surface area contributed by atoms with Crippen molar-refractivity contribution in [1.29, 1.82) is 0 Å². The van der Waals surface area contributed by atoms with Crippen molar-refractivity contribution in [2.45, 2.75) is 52.0 Å². The van der Waals surface area contributed by atoms with E-state index < -0.39 is 5.54 Å². The summed E-state index contributed by atoms with van der Waals surface area (Å²) in [6, 6.07) is 0. The number of likely N-dealkylation sites (N-methyl/N-ethyl adjacent to an activating group) is 1. The first-order chi connectivity index (χ1) is 8.50. The fourth-order valence-electron chi connectivity index (χ4n) is 2.07. The molecule has 0 bridgehead atoms. The van der Waals surface area contributed by atoms with E-state index in [1.54, 1.807) is 0 Å². The van der Waals surface area contributed by atoms with Gasteiger partial charge in [0.15, 0.2) is 0 Å². The number of methoxy groups -OCH3 is 1. The Morgan fingerprint density at radius 2 is 1.94 bits per heavy atom. The summed E-state index contributed by atoms with van der Waals surface area (Å²) in [5, 5.41) is 3.30. The Bertz CT molecular complexity index is 234. The molecule has 108 valence electrons. The molecule has 1 atom stereocenters. The monoisotopic (exact) mass is 258 g/mol. The van der Waals surface area contributed by atoms with Crippen molar-refractivity contribution in [2.24, 2.45) is 0 Å². The Morgan fingerprint density at radius 1 is 1.28 bits per heavy atom. The molecule has 0 aliphatic heterocycles. The molecular formula is C14H30N2O2. The average molecular weight is 258 g/mol. The normalized spacial score (nSPS) is 14.6. The van der Waals surface area contributed by atoms with Gasteiger partial charge in [-0.3, -0.25) is 4.79 Å². The Kier molecular flexibility index (Phi) is 9.02. The van der Waals surface area contributed by atoms with Gasteiger partial charge in [0.05, 0.1) is 7.11 Å². The third-order valence-corrected chi connectivity index (χ3v) is 3.13. The molecule has 0 radical (unpaired) electrons. The second-order valence-corrected chi connectivity index (χ2v) is 5.20. The minimum atomic E-state index is -0.605. The van der Waals surface area contributed by atoms with Crippen LogP contribution in [-0.2, 0) is 9.53 Å². The van der Waals surface area contributed by atoms with E-state index in [1.807, 2.05) is 6.92 Å². The Morgan fingerprint density at radius 3 is 2.44 bits per heavy atom. The number of carbonyl (C=O) groups is 1. The molecule has 18 heavy (non-hydrogen) atoms. The number of ether oxygens (including phenoxy) is 1. The molecule has 0 saturated heterocycles. The fourth-order valence-corrected chi connectivity index (χ4v) is 2.07. The SMILES string of the molecule is CCCCCN(C)CC(C)(NCCC)C(=O)OC. The van der Waals surface area contributed by atoms with E-state index in [2.05, 4.69) is 31.1 Å². The molecule has 4 nitrogen and oxygen atoms in total. The van der Waals surface area contributed by atoms with Gasteiger partial charge in [0.1, 0.15) is 5.54 Å². The van der Waals surface area contributed by atoms with Crippen LogP contribution in [0.15, 0.2) is 0 Å². The number of esters is 1. The highest BCUT2D eigenvalue weighted by molar-refractivity contribution is 5.80. The number of hydrogen-bond donors (Lipinski definition) is 1. The smallest absolute Gasteiger partial charge is 0.327 e. The van der Waals surface area contributed by atoms with Gasteiger partial charge in [-0.05, 0) is 39.9 Å². The van der Waals surface area contributed by atoms with Gasteiger partial charge in [-0.25, -0.2) is 0 Å². The van der Waals surface area contributed by atoms with Crippen molar-refractivity contribution in [3.63, 3.8) is 0 Å². The van der Waals surface area contributed by atoms with Crippen molar-refractivity contribution in [3.8, 4) is 0 Å². The highest BCUT2D eigenvalue weighted by Crippen LogP contribution is 2.09. The maximum atomic E-state index is 11.9. The first-order valence-corrected chi connectivity index (χ1v) is 7.02. The Hall–Kier alpha value is -0.610. The van der Waals surface area contributed by atoms with Crippen LogP contribution in [-0.4, -0.2) is 50.2 Å². The van der Waals surface area contributed by atoms with Gasteiger partial charge in [-0.15, -0.1) is 0 Å². The molecule has 0 saturated carbocycles. The van der Waals surface area contributed by atoms with Crippen LogP contribution in [0.25, 0.3) is 0 Å². The second-order valence-electron chi connectivity index (χ2n) is 5.20. The van der Waals surface area contributed by atoms with Crippen molar-refractivity contribution < 1.29 is 9.53 Å². The lowest BCUT2D eigenvalue weighted by atomic mass is 10.0. The third-order valence-electron chi connectivity index (χ3n) is 3.13. The molecule has 0 aliphatic rings. The van der Waals surface area contributed by atoms with Crippen molar-refractivity contribution in [3.05, 3.63) is 0 Å². The Balaban J connectivity index is 4.34. The first-order valence-electron chi connectivity index (χ1n) is 7.02. The highest BCUT2D eigenvalue weighted by atomic mass is 16.5. The zero-order valence-electron chi connectivity index (χ0n) is 12.7. The number of nitrogens with zero attached hydrogens (tertiary/aromatic N) is 1. The molecule has 4 heteroatoms. The van der Waals surface area contributed by atoms with Gasteiger partial charge in [-0.2, -0.15) is 0 Å². The zero-order valence-corrected chi connectivity index (χ0v) is 12.7. The van der Waals surface area contributed by atoms with E-state index in [4.69, 9.17) is 4.74 Å². The highest BCUT2D eigenvalue weighted by Gasteiger charge is 2.34. The predicted molar refractivity (Wildman–Crippen MR) is 75.7 cm³/mol. The zero-order chi connectivity index (χ0) is 14.0. The molecule has 0 fully saturated rings. The summed E-state index contributed by atoms with van der Waals surface area (Å²) >= 11 is 0. The molecule has 0 spiro atoms. The standard InChI is InChI=1S/C14H30N2O2/c1-6-8-9-11-16(4)12-14(3,13(17)18-5)15-10-7-2/h15H,6-12H2,1-5H3.